The highest BCUT2D eigenvalue weighted by Gasteiger charge is 2.17. The summed E-state index contributed by atoms with van der Waals surface area (Å²) in [6.07, 6.45) is 0. The molecule has 5 nitrogen and oxygen atoms in total. The van der Waals surface area contributed by atoms with Gasteiger partial charge in [0, 0.05) is 11.1 Å². The third-order valence-electron chi connectivity index (χ3n) is 4.50. The highest BCUT2D eigenvalue weighted by Crippen LogP contribution is 2.29. The SMILES string of the molecule is Cc1cc(C)c2nc(SC(C)C(=O)Nc3ccc(C(=O)O)cc3)cc(C)c2c1. The van der Waals surface area contributed by atoms with Crippen LogP contribution in [0.1, 0.15) is 34.0 Å². The number of carboxylic acid groups (broad SMARTS) is 1. The minimum absolute atomic E-state index is 0.159. The van der Waals surface area contributed by atoms with E-state index in [0.29, 0.717) is 5.69 Å². The van der Waals surface area contributed by atoms with Gasteiger partial charge in [-0.3, -0.25) is 4.79 Å². The minimum atomic E-state index is -0.995. The van der Waals surface area contributed by atoms with Gasteiger partial charge in [0.15, 0.2) is 0 Å². The normalized spacial score (nSPS) is 12.0. The summed E-state index contributed by atoms with van der Waals surface area (Å²) in [6.45, 7) is 8.01. The van der Waals surface area contributed by atoms with Gasteiger partial charge < -0.3 is 10.4 Å². The van der Waals surface area contributed by atoms with Crippen molar-refractivity contribution < 1.29 is 14.7 Å². The predicted molar refractivity (Wildman–Crippen MR) is 113 cm³/mol. The van der Waals surface area contributed by atoms with Gasteiger partial charge in [0.05, 0.1) is 21.4 Å². The molecule has 144 valence electrons. The van der Waals surface area contributed by atoms with Crippen LogP contribution in [0, 0.1) is 20.8 Å². The van der Waals surface area contributed by atoms with Crippen molar-refractivity contribution in [3.05, 3.63) is 64.7 Å². The zero-order valence-electron chi connectivity index (χ0n) is 16.2. The van der Waals surface area contributed by atoms with Gasteiger partial charge in [-0.2, -0.15) is 0 Å². The number of carbonyl (C=O) groups is 2. The van der Waals surface area contributed by atoms with E-state index in [4.69, 9.17) is 10.1 Å². The number of carboxylic acids is 1. The molecule has 0 saturated heterocycles. The van der Waals surface area contributed by atoms with E-state index in [1.807, 2.05) is 19.9 Å². The van der Waals surface area contributed by atoms with Gasteiger partial charge in [-0.1, -0.05) is 23.4 Å². The fourth-order valence-electron chi connectivity index (χ4n) is 3.05. The Bertz CT molecular complexity index is 1060. The number of thioether (sulfide) groups is 1. The summed E-state index contributed by atoms with van der Waals surface area (Å²) in [5.41, 5.74) is 5.17. The first kappa shape index (κ1) is 19.9. The van der Waals surface area contributed by atoms with E-state index in [9.17, 15) is 9.59 Å². The number of benzene rings is 2. The molecule has 3 rings (SSSR count). The molecule has 1 heterocycles. The quantitative estimate of drug-likeness (QED) is 0.597. The van der Waals surface area contributed by atoms with Gasteiger partial charge in [-0.15, -0.1) is 0 Å². The second kappa shape index (κ2) is 8.02. The number of pyridine rings is 1. The number of carbonyl (C=O) groups excluding carboxylic acids is 1. The molecular formula is C22H22N2O3S. The zero-order valence-corrected chi connectivity index (χ0v) is 17.1. The lowest BCUT2D eigenvalue weighted by Gasteiger charge is -2.14. The van der Waals surface area contributed by atoms with Crippen LogP contribution in [0.4, 0.5) is 5.69 Å². The van der Waals surface area contributed by atoms with Crippen LogP contribution in [0.5, 0.6) is 0 Å². The highest BCUT2D eigenvalue weighted by atomic mass is 32.2. The molecule has 0 saturated carbocycles. The summed E-state index contributed by atoms with van der Waals surface area (Å²) in [4.78, 5) is 28.2. The molecule has 1 atom stereocenters. The Labute approximate surface area is 168 Å². The summed E-state index contributed by atoms with van der Waals surface area (Å²) >= 11 is 1.40. The second-order valence-electron chi connectivity index (χ2n) is 6.89. The number of fused-ring (bicyclic) bond motifs is 1. The summed E-state index contributed by atoms with van der Waals surface area (Å²) in [5.74, 6) is -1.15. The van der Waals surface area contributed by atoms with E-state index in [1.165, 1.54) is 29.5 Å². The van der Waals surface area contributed by atoms with Gasteiger partial charge in [0.2, 0.25) is 5.91 Å². The van der Waals surface area contributed by atoms with Crippen molar-refractivity contribution in [3.8, 4) is 0 Å². The Hall–Kier alpha value is -2.86. The number of rotatable bonds is 5. The number of aromatic carboxylic acids is 1. The predicted octanol–water partition coefficient (Wildman–Crippen LogP) is 4.98. The monoisotopic (exact) mass is 394 g/mol. The van der Waals surface area contributed by atoms with Crippen molar-refractivity contribution in [1.29, 1.82) is 0 Å². The molecule has 0 aliphatic carbocycles. The fourth-order valence-corrected chi connectivity index (χ4v) is 3.97. The van der Waals surface area contributed by atoms with Crippen LogP contribution in [0.3, 0.4) is 0 Å². The molecule has 28 heavy (non-hydrogen) atoms. The van der Waals surface area contributed by atoms with Crippen molar-refractivity contribution in [1.82, 2.24) is 4.98 Å². The maximum absolute atomic E-state index is 12.5. The smallest absolute Gasteiger partial charge is 0.335 e. The van der Waals surface area contributed by atoms with E-state index in [0.717, 1.165) is 27.1 Å². The van der Waals surface area contributed by atoms with E-state index in [1.54, 1.807) is 12.1 Å². The zero-order chi connectivity index (χ0) is 20.4. The lowest BCUT2D eigenvalue weighted by molar-refractivity contribution is -0.115. The summed E-state index contributed by atoms with van der Waals surface area (Å²) < 4.78 is 0. The highest BCUT2D eigenvalue weighted by molar-refractivity contribution is 8.00. The molecule has 0 bridgehead atoms. The lowest BCUT2D eigenvalue weighted by Crippen LogP contribution is -2.22. The standard InChI is InChI=1S/C22H22N2O3S/c1-12-9-14(3)20-18(10-12)13(2)11-19(24-20)28-15(4)21(25)23-17-7-5-16(6-8-17)22(26)27/h5-11,15H,1-4H3,(H,23,25)(H,26,27). The third-order valence-corrected chi connectivity index (χ3v) is 5.52. The average molecular weight is 394 g/mol. The lowest BCUT2D eigenvalue weighted by atomic mass is 10.0. The molecule has 1 aromatic heterocycles. The molecule has 2 aromatic carbocycles. The molecule has 6 heteroatoms. The molecule has 1 unspecified atom stereocenters. The minimum Gasteiger partial charge on any atom is -0.478 e. The fraction of sp³-hybridized carbons (Fsp3) is 0.227. The summed E-state index contributed by atoms with van der Waals surface area (Å²) in [6, 6.07) is 12.4. The topological polar surface area (TPSA) is 79.3 Å². The maximum Gasteiger partial charge on any atom is 0.335 e. The molecule has 0 spiro atoms. The van der Waals surface area contributed by atoms with Crippen molar-refractivity contribution in [2.45, 2.75) is 38.0 Å². The molecule has 0 aliphatic heterocycles. The summed E-state index contributed by atoms with van der Waals surface area (Å²) in [5, 5.41) is 13.4. The average Bonchev–Trinajstić information content (AvgIpc) is 2.63. The number of anilines is 1. The Kier molecular flexibility index (Phi) is 5.70. The second-order valence-corrected chi connectivity index (χ2v) is 8.25. The van der Waals surface area contributed by atoms with Gasteiger partial charge in [-0.05, 0) is 75.2 Å². The van der Waals surface area contributed by atoms with Crippen LogP contribution in [0.25, 0.3) is 10.9 Å². The van der Waals surface area contributed by atoms with Crippen molar-refractivity contribution in [3.63, 3.8) is 0 Å². The largest absolute Gasteiger partial charge is 0.478 e. The van der Waals surface area contributed by atoms with E-state index >= 15 is 0 Å². The molecule has 3 aromatic rings. The Morgan fingerprint density at radius 3 is 2.36 bits per heavy atom. The number of nitrogens with zero attached hydrogens (tertiary/aromatic N) is 1. The van der Waals surface area contributed by atoms with Crippen LogP contribution >= 0.6 is 11.8 Å². The van der Waals surface area contributed by atoms with Crippen molar-refractivity contribution in [2.24, 2.45) is 0 Å². The van der Waals surface area contributed by atoms with Crippen LogP contribution in [0.15, 0.2) is 47.5 Å². The molecule has 1 amide bonds. The van der Waals surface area contributed by atoms with Crippen LogP contribution in [-0.2, 0) is 4.79 Å². The van der Waals surface area contributed by atoms with E-state index < -0.39 is 5.97 Å². The van der Waals surface area contributed by atoms with Crippen LogP contribution < -0.4 is 5.32 Å². The number of aryl methyl sites for hydroxylation is 3. The first-order valence-corrected chi connectivity index (χ1v) is 9.82. The molecular weight excluding hydrogens is 372 g/mol. The third kappa shape index (κ3) is 4.34. The number of hydrogen-bond donors (Lipinski definition) is 2. The van der Waals surface area contributed by atoms with Crippen LogP contribution in [-0.4, -0.2) is 27.2 Å². The first-order chi connectivity index (χ1) is 13.2. The van der Waals surface area contributed by atoms with Gasteiger partial charge in [0.25, 0.3) is 0 Å². The summed E-state index contributed by atoms with van der Waals surface area (Å²) in [7, 11) is 0. The number of amides is 1. The molecule has 2 N–H and O–H groups in total. The first-order valence-electron chi connectivity index (χ1n) is 8.94. The molecule has 0 fully saturated rings. The number of nitrogens with one attached hydrogen (secondary N) is 1. The van der Waals surface area contributed by atoms with Crippen LogP contribution in [0.2, 0.25) is 0 Å². The Morgan fingerprint density at radius 1 is 1.04 bits per heavy atom. The number of aromatic nitrogens is 1. The number of hydrogen-bond acceptors (Lipinski definition) is 4. The van der Waals surface area contributed by atoms with Crippen molar-refractivity contribution in [2.75, 3.05) is 5.32 Å². The Morgan fingerprint density at radius 2 is 1.71 bits per heavy atom. The van der Waals surface area contributed by atoms with Gasteiger partial charge in [-0.25, -0.2) is 9.78 Å². The maximum atomic E-state index is 12.5. The molecule has 0 aliphatic rings. The van der Waals surface area contributed by atoms with Gasteiger partial charge >= 0.3 is 5.97 Å². The van der Waals surface area contributed by atoms with E-state index in [2.05, 4.69) is 31.3 Å². The van der Waals surface area contributed by atoms with Crippen molar-refractivity contribution >= 4 is 40.2 Å². The molecule has 0 radical (unpaired) electrons. The van der Waals surface area contributed by atoms with E-state index in [-0.39, 0.29) is 16.7 Å². The Balaban J connectivity index is 1.75. The van der Waals surface area contributed by atoms with Gasteiger partial charge in [0.1, 0.15) is 0 Å².